The fraction of sp³-hybridized carbons (Fsp3) is 0.850. The minimum absolute atomic E-state index is 0.0966. The predicted molar refractivity (Wildman–Crippen MR) is 90.7 cm³/mol. The molecule has 6 fully saturated rings. The molecule has 144 valence electrons. The van der Waals surface area contributed by atoms with Crippen molar-refractivity contribution >= 4 is 5.78 Å². The van der Waals surface area contributed by atoms with Gasteiger partial charge in [0.15, 0.2) is 5.78 Å². The van der Waals surface area contributed by atoms with Crippen molar-refractivity contribution < 1.29 is 30.0 Å². The number of ketones is 1. The van der Waals surface area contributed by atoms with Crippen LogP contribution < -0.4 is 0 Å². The van der Waals surface area contributed by atoms with Crippen molar-refractivity contribution in [2.24, 2.45) is 34.0 Å². The number of carbonyl (C=O) groups is 1. The Morgan fingerprint density at radius 2 is 1.81 bits per heavy atom. The van der Waals surface area contributed by atoms with E-state index >= 15 is 0 Å². The normalized spacial score (nSPS) is 59.9. The molecule has 4 N–H and O–H groups in total. The second-order valence-corrected chi connectivity index (χ2v) is 9.97. The van der Waals surface area contributed by atoms with Crippen molar-refractivity contribution in [3.05, 3.63) is 12.2 Å². The van der Waals surface area contributed by atoms with E-state index in [1.165, 1.54) is 0 Å². The van der Waals surface area contributed by atoms with Crippen LogP contribution in [0.5, 0.6) is 0 Å². The van der Waals surface area contributed by atoms with Gasteiger partial charge in [0.1, 0.15) is 11.5 Å². The molecule has 6 rings (SSSR count). The van der Waals surface area contributed by atoms with Gasteiger partial charge in [-0.1, -0.05) is 20.4 Å². The van der Waals surface area contributed by atoms with Gasteiger partial charge < -0.3 is 25.2 Å². The zero-order chi connectivity index (χ0) is 18.9. The number of Topliss-reactive ketones (excluding diaryl/α,β-unsaturated/α-hetero) is 1. The molecule has 0 aromatic rings. The highest BCUT2D eigenvalue weighted by atomic mass is 16.6. The first-order chi connectivity index (χ1) is 12.1. The molecule has 4 saturated carbocycles. The lowest BCUT2D eigenvalue weighted by Gasteiger charge is -2.74. The van der Waals surface area contributed by atoms with Crippen molar-refractivity contribution in [1.29, 1.82) is 0 Å². The summed E-state index contributed by atoms with van der Waals surface area (Å²) in [7, 11) is 0. The summed E-state index contributed by atoms with van der Waals surface area (Å²) in [6, 6.07) is 0. The molecular weight excluding hydrogens is 336 g/mol. The number of fused-ring (bicyclic) bond motifs is 2. The topological polar surface area (TPSA) is 107 Å². The molecule has 2 aliphatic heterocycles. The van der Waals surface area contributed by atoms with E-state index in [0.717, 1.165) is 6.42 Å². The zero-order valence-corrected chi connectivity index (χ0v) is 15.3. The molecule has 0 aromatic carbocycles. The van der Waals surface area contributed by atoms with Gasteiger partial charge in [0.25, 0.3) is 0 Å². The van der Waals surface area contributed by atoms with Gasteiger partial charge in [0.05, 0.1) is 18.8 Å². The number of aliphatic hydroxyl groups excluding tert-OH is 3. The third-order valence-electron chi connectivity index (χ3n) is 8.88. The number of aliphatic hydroxyl groups is 4. The van der Waals surface area contributed by atoms with Crippen molar-refractivity contribution in [1.82, 2.24) is 0 Å². The van der Waals surface area contributed by atoms with Crippen LogP contribution in [-0.2, 0) is 9.53 Å². The van der Waals surface area contributed by atoms with Crippen LogP contribution in [0.3, 0.4) is 0 Å². The van der Waals surface area contributed by atoms with Gasteiger partial charge in [0, 0.05) is 17.3 Å². The van der Waals surface area contributed by atoms with E-state index in [2.05, 4.69) is 6.58 Å². The minimum Gasteiger partial charge on any atom is -0.392 e. The van der Waals surface area contributed by atoms with E-state index in [1.807, 2.05) is 13.8 Å². The largest absolute Gasteiger partial charge is 0.392 e. The Labute approximate surface area is 152 Å². The Kier molecular flexibility index (Phi) is 3.07. The van der Waals surface area contributed by atoms with Crippen molar-refractivity contribution in [2.45, 2.75) is 63.6 Å². The zero-order valence-electron chi connectivity index (χ0n) is 15.3. The fourth-order valence-electron chi connectivity index (χ4n) is 7.90. The Bertz CT molecular complexity index is 717. The molecule has 4 bridgehead atoms. The summed E-state index contributed by atoms with van der Waals surface area (Å²) in [5.74, 6) is -3.80. The lowest BCUT2D eigenvalue weighted by molar-refractivity contribution is -0.458. The van der Waals surface area contributed by atoms with Crippen molar-refractivity contribution in [3.63, 3.8) is 0 Å². The number of hydrogen-bond acceptors (Lipinski definition) is 6. The molecule has 26 heavy (non-hydrogen) atoms. The Balaban J connectivity index is 1.81. The van der Waals surface area contributed by atoms with Crippen LogP contribution in [0.15, 0.2) is 12.2 Å². The molecule has 2 spiro atoms. The summed E-state index contributed by atoms with van der Waals surface area (Å²) >= 11 is 0. The molecular formula is C20H28O6. The van der Waals surface area contributed by atoms with Gasteiger partial charge in [-0.2, -0.15) is 0 Å². The second-order valence-electron chi connectivity index (χ2n) is 9.97. The Morgan fingerprint density at radius 1 is 1.12 bits per heavy atom. The maximum atomic E-state index is 13.3. The number of hydrogen-bond donors (Lipinski definition) is 4. The van der Waals surface area contributed by atoms with Crippen LogP contribution in [0.25, 0.3) is 0 Å². The van der Waals surface area contributed by atoms with Crippen LogP contribution in [0, 0.1) is 34.0 Å². The van der Waals surface area contributed by atoms with Crippen LogP contribution >= 0.6 is 0 Å². The van der Waals surface area contributed by atoms with E-state index in [-0.39, 0.29) is 12.0 Å². The van der Waals surface area contributed by atoms with Gasteiger partial charge in [-0.25, -0.2) is 0 Å². The van der Waals surface area contributed by atoms with Gasteiger partial charge in [0.2, 0.25) is 5.79 Å². The highest BCUT2D eigenvalue weighted by Gasteiger charge is 2.86. The summed E-state index contributed by atoms with van der Waals surface area (Å²) in [6.45, 7) is 8.07. The first-order valence-electron chi connectivity index (χ1n) is 9.71. The lowest BCUT2D eigenvalue weighted by atomic mass is 9.35. The average molecular weight is 364 g/mol. The van der Waals surface area contributed by atoms with E-state index in [9.17, 15) is 25.2 Å². The molecule has 6 nitrogen and oxygen atoms in total. The van der Waals surface area contributed by atoms with Crippen LogP contribution in [-0.4, -0.2) is 56.9 Å². The third-order valence-corrected chi connectivity index (χ3v) is 8.88. The maximum absolute atomic E-state index is 13.3. The van der Waals surface area contributed by atoms with E-state index in [1.54, 1.807) is 0 Å². The molecule has 3 unspecified atom stereocenters. The molecule has 2 saturated heterocycles. The molecule has 9 atom stereocenters. The van der Waals surface area contributed by atoms with Gasteiger partial charge in [-0.15, -0.1) is 0 Å². The summed E-state index contributed by atoms with van der Waals surface area (Å²) < 4.78 is 5.80. The Hall–Kier alpha value is -0.790. The van der Waals surface area contributed by atoms with Gasteiger partial charge in [-0.3, -0.25) is 4.79 Å². The van der Waals surface area contributed by atoms with E-state index in [0.29, 0.717) is 24.8 Å². The van der Waals surface area contributed by atoms with Crippen LogP contribution in [0.2, 0.25) is 0 Å². The lowest BCUT2D eigenvalue weighted by Crippen LogP contribution is -2.85. The van der Waals surface area contributed by atoms with Crippen molar-refractivity contribution in [2.75, 3.05) is 6.61 Å². The number of carbonyl (C=O) groups excluding carboxylic acids is 1. The molecule has 0 aromatic heterocycles. The standard InChI is InChI=1S/C20H28O6/c1-9-10-4-5-11-18-8-26-20(25,19(11,14(9)22)15(10)23)16(24)13(18)17(2,3)7-6-12(18)21/h10-13,15-16,21,23-25H,1,4-8H2,2-3H3/t10?,11-,12-,13+,15+,16-,18-,19?,20?/m0/s1. The van der Waals surface area contributed by atoms with Crippen LogP contribution in [0.4, 0.5) is 0 Å². The molecule has 6 aliphatic rings. The number of ether oxygens (including phenoxy) is 1. The summed E-state index contributed by atoms with van der Waals surface area (Å²) in [5, 5.41) is 45.1. The van der Waals surface area contributed by atoms with E-state index < -0.39 is 58.5 Å². The quantitative estimate of drug-likeness (QED) is 0.463. The smallest absolute Gasteiger partial charge is 0.208 e. The van der Waals surface area contributed by atoms with E-state index in [4.69, 9.17) is 4.74 Å². The highest BCUT2D eigenvalue weighted by Crippen LogP contribution is 2.76. The monoisotopic (exact) mass is 364 g/mol. The summed E-state index contributed by atoms with van der Waals surface area (Å²) in [4.78, 5) is 13.3. The molecule has 2 heterocycles. The minimum atomic E-state index is -2.15. The van der Waals surface area contributed by atoms with Gasteiger partial charge in [-0.05, 0) is 42.6 Å². The van der Waals surface area contributed by atoms with Gasteiger partial charge >= 0.3 is 0 Å². The molecule has 4 aliphatic carbocycles. The number of rotatable bonds is 0. The third kappa shape index (κ3) is 1.41. The average Bonchev–Trinajstić information content (AvgIpc) is 2.69. The summed E-state index contributed by atoms with van der Waals surface area (Å²) in [6.07, 6.45) is -0.747. The summed E-state index contributed by atoms with van der Waals surface area (Å²) in [5.41, 5.74) is -2.49. The first kappa shape index (κ1) is 17.3. The molecule has 6 heteroatoms. The molecule has 0 radical (unpaired) electrons. The Morgan fingerprint density at radius 3 is 2.50 bits per heavy atom. The second kappa shape index (κ2) is 4.61. The maximum Gasteiger partial charge on any atom is 0.208 e. The SMILES string of the molecule is C=C1C(=O)C23[C@H](O)C1CC[C@H]2[C@]12COC3(O)[C@@H](O)[C@@H]1C(C)(C)CC[C@@H]2O. The fourth-order valence-corrected chi connectivity index (χ4v) is 7.90. The predicted octanol–water partition coefficient (Wildman–Crippen LogP) is 0.376. The van der Waals surface area contributed by atoms with Crippen LogP contribution in [0.1, 0.15) is 39.5 Å². The first-order valence-corrected chi connectivity index (χ1v) is 9.71. The van der Waals surface area contributed by atoms with Crippen molar-refractivity contribution in [3.8, 4) is 0 Å². The highest BCUT2D eigenvalue weighted by molar-refractivity contribution is 6.05. The molecule has 0 amide bonds.